The second-order valence-electron chi connectivity index (χ2n) is 3.64. The van der Waals surface area contributed by atoms with Crippen molar-refractivity contribution in [3.63, 3.8) is 0 Å². The Hall–Kier alpha value is -1.66. The number of hydrogen-bond donors (Lipinski definition) is 1. The molecule has 0 aliphatic carbocycles. The lowest BCUT2D eigenvalue weighted by molar-refractivity contribution is -0.383. The van der Waals surface area contributed by atoms with Crippen LogP contribution < -0.4 is 5.32 Å². The second-order valence-corrected chi connectivity index (χ2v) is 5.39. The Labute approximate surface area is 113 Å². The Morgan fingerprint density at radius 1 is 1.56 bits per heavy atom. The molecule has 0 amide bonds. The van der Waals surface area contributed by atoms with Gasteiger partial charge < -0.3 is 5.32 Å². The summed E-state index contributed by atoms with van der Waals surface area (Å²) in [6.07, 6.45) is 1.78. The van der Waals surface area contributed by atoms with Gasteiger partial charge in [-0.25, -0.2) is 4.98 Å². The fourth-order valence-electron chi connectivity index (χ4n) is 1.46. The highest BCUT2D eigenvalue weighted by atomic mass is 35.5. The van der Waals surface area contributed by atoms with Crippen LogP contribution in [0.4, 0.5) is 11.4 Å². The minimum absolute atomic E-state index is 0.0317. The lowest BCUT2D eigenvalue weighted by Gasteiger charge is -2.05. The third-order valence-electron chi connectivity index (χ3n) is 2.26. The van der Waals surface area contributed by atoms with E-state index in [2.05, 4.69) is 10.3 Å². The quantitative estimate of drug-likeness (QED) is 0.687. The molecule has 0 saturated carbocycles. The minimum atomic E-state index is -0.457. The molecule has 0 bridgehead atoms. The van der Waals surface area contributed by atoms with Gasteiger partial charge in [0.25, 0.3) is 5.69 Å². The van der Waals surface area contributed by atoms with Crippen LogP contribution in [0.5, 0.6) is 0 Å². The van der Waals surface area contributed by atoms with Gasteiger partial charge in [-0.3, -0.25) is 10.1 Å². The molecule has 0 spiro atoms. The van der Waals surface area contributed by atoms with E-state index in [0.717, 1.165) is 9.88 Å². The number of thiazole rings is 1. The first-order valence-electron chi connectivity index (χ1n) is 5.15. The first-order valence-corrected chi connectivity index (χ1v) is 6.35. The van der Waals surface area contributed by atoms with Crippen molar-refractivity contribution in [2.45, 2.75) is 13.5 Å². The van der Waals surface area contributed by atoms with Gasteiger partial charge in [-0.1, -0.05) is 11.6 Å². The molecule has 0 radical (unpaired) electrons. The van der Waals surface area contributed by atoms with Crippen molar-refractivity contribution in [3.8, 4) is 0 Å². The van der Waals surface area contributed by atoms with Crippen LogP contribution in [0.25, 0.3) is 0 Å². The van der Waals surface area contributed by atoms with Crippen molar-refractivity contribution in [2.75, 3.05) is 5.32 Å². The topological polar surface area (TPSA) is 68.1 Å². The van der Waals surface area contributed by atoms with Gasteiger partial charge in [0.05, 0.1) is 11.5 Å². The molecular formula is C11H10ClN3O2S. The highest BCUT2D eigenvalue weighted by molar-refractivity contribution is 7.11. The lowest BCUT2D eigenvalue weighted by Crippen LogP contribution is -2.02. The summed E-state index contributed by atoms with van der Waals surface area (Å²) in [6.45, 7) is 2.42. The summed E-state index contributed by atoms with van der Waals surface area (Å²) in [6, 6.07) is 4.54. The molecule has 1 aromatic heterocycles. The van der Waals surface area contributed by atoms with Crippen LogP contribution in [0.1, 0.15) is 9.88 Å². The van der Waals surface area contributed by atoms with Crippen LogP contribution in [0.3, 0.4) is 0 Å². The van der Waals surface area contributed by atoms with E-state index in [-0.39, 0.29) is 5.69 Å². The molecule has 1 heterocycles. The van der Waals surface area contributed by atoms with Crippen molar-refractivity contribution < 1.29 is 4.92 Å². The fourth-order valence-corrected chi connectivity index (χ4v) is 2.35. The van der Waals surface area contributed by atoms with Crippen LogP contribution in [-0.4, -0.2) is 9.91 Å². The molecule has 5 nitrogen and oxygen atoms in total. The Morgan fingerprint density at radius 2 is 2.33 bits per heavy atom. The minimum Gasteiger partial charge on any atom is -0.373 e. The van der Waals surface area contributed by atoms with Crippen LogP contribution >= 0.6 is 22.9 Å². The maximum atomic E-state index is 10.9. The molecule has 7 heteroatoms. The number of anilines is 1. The average molecular weight is 284 g/mol. The maximum Gasteiger partial charge on any atom is 0.293 e. The van der Waals surface area contributed by atoms with Gasteiger partial charge in [-0.05, 0) is 19.1 Å². The zero-order valence-electron chi connectivity index (χ0n) is 9.51. The number of nitro benzene ring substituents is 1. The van der Waals surface area contributed by atoms with Crippen molar-refractivity contribution in [1.29, 1.82) is 0 Å². The predicted octanol–water partition coefficient (Wildman–Crippen LogP) is 3.63. The molecule has 2 aromatic rings. The maximum absolute atomic E-state index is 10.9. The average Bonchev–Trinajstić information content (AvgIpc) is 2.73. The van der Waals surface area contributed by atoms with Gasteiger partial charge in [0.2, 0.25) is 0 Å². The van der Waals surface area contributed by atoms with Crippen LogP contribution in [-0.2, 0) is 6.54 Å². The van der Waals surface area contributed by atoms with E-state index in [4.69, 9.17) is 11.6 Å². The fraction of sp³-hybridized carbons (Fsp3) is 0.182. The van der Waals surface area contributed by atoms with Crippen molar-refractivity contribution in [1.82, 2.24) is 4.98 Å². The third-order valence-corrected chi connectivity index (χ3v) is 3.40. The lowest BCUT2D eigenvalue weighted by atomic mass is 10.2. The monoisotopic (exact) mass is 283 g/mol. The van der Waals surface area contributed by atoms with Gasteiger partial charge >= 0.3 is 0 Å². The van der Waals surface area contributed by atoms with Crippen LogP contribution in [0.2, 0.25) is 5.02 Å². The van der Waals surface area contributed by atoms with Gasteiger partial charge in [-0.15, -0.1) is 11.3 Å². The van der Waals surface area contributed by atoms with Crippen LogP contribution in [0, 0.1) is 17.0 Å². The number of aryl methyl sites for hydroxylation is 1. The third kappa shape index (κ3) is 2.96. The highest BCUT2D eigenvalue weighted by Crippen LogP contribution is 2.28. The number of rotatable bonds is 4. The van der Waals surface area contributed by atoms with Crippen molar-refractivity contribution in [2.24, 2.45) is 0 Å². The summed E-state index contributed by atoms with van der Waals surface area (Å²) in [7, 11) is 0. The molecule has 0 saturated heterocycles. The molecule has 0 aliphatic rings. The zero-order valence-corrected chi connectivity index (χ0v) is 11.1. The summed E-state index contributed by atoms with van der Waals surface area (Å²) in [5, 5.41) is 15.1. The van der Waals surface area contributed by atoms with E-state index in [9.17, 15) is 10.1 Å². The molecule has 0 fully saturated rings. The number of nitrogens with one attached hydrogen (secondary N) is 1. The van der Waals surface area contributed by atoms with E-state index in [1.54, 1.807) is 29.7 Å². The van der Waals surface area contributed by atoms with Crippen molar-refractivity contribution in [3.05, 3.63) is 49.4 Å². The largest absolute Gasteiger partial charge is 0.373 e. The zero-order chi connectivity index (χ0) is 13.1. The molecule has 2 rings (SSSR count). The standard InChI is InChI=1S/C11H10ClN3O2S/c1-7-5-14-11(18-7)6-13-9-3-2-8(12)4-10(9)15(16)17/h2-5,13H,6H2,1H3. The highest BCUT2D eigenvalue weighted by Gasteiger charge is 2.14. The predicted molar refractivity (Wildman–Crippen MR) is 72.3 cm³/mol. The molecule has 18 heavy (non-hydrogen) atoms. The Bertz CT molecular complexity index is 585. The van der Waals surface area contributed by atoms with E-state index in [1.807, 2.05) is 6.92 Å². The summed E-state index contributed by atoms with van der Waals surface area (Å²) in [5.41, 5.74) is 0.410. The van der Waals surface area contributed by atoms with E-state index >= 15 is 0 Å². The first-order chi connectivity index (χ1) is 8.56. The Morgan fingerprint density at radius 3 is 2.94 bits per heavy atom. The number of benzene rings is 1. The number of nitro groups is 1. The smallest absolute Gasteiger partial charge is 0.293 e. The summed E-state index contributed by atoms with van der Waals surface area (Å²) in [5.74, 6) is 0. The first kappa shape index (κ1) is 12.8. The number of aromatic nitrogens is 1. The van der Waals surface area contributed by atoms with Gasteiger partial charge in [0, 0.05) is 22.2 Å². The molecule has 1 N–H and O–H groups in total. The Kier molecular flexibility index (Phi) is 3.78. The summed E-state index contributed by atoms with van der Waals surface area (Å²) >= 11 is 7.29. The van der Waals surface area contributed by atoms with Crippen molar-refractivity contribution >= 4 is 34.3 Å². The number of halogens is 1. The molecule has 94 valence electrons. The molecule has 0 aliphatic heterocycles. The Balaban J connectivity index is 2.16. The van der Waals surface area contributed by atoms with Gasteiger partial charge in [0.1, 0.15) is 10.7 Å². The summed E-state index contributed by atoms with van der Waals surface area (Å²) in [4.78, 5) is 15.7. The normalized spacial score (nSPS) is 10.3. The SMILES string of the molecule is Cc1cnc(CNc2ccc(Cl)cc2[N+](=O)[O-])s1. The van der Waals surface area contributed by atoms with Gasteiger partial charge in [-0.2, -0.15) is 0 Å². The molecule has 1 aromatic carbocycles. The van der Waals surface area contributed by atoms with E-state index in [1.165, 1.54) is 6.07 Å². The molecule has 0 atom stereocenters. The summed E-state index contributed by atoms with van der Waals surface area (Å²) < 4.78 is 0. The molecular weight excluding hydrogens is 274 g/mol. The van der Waals surface area contributed by atoms with Crippen LogP contribution in [0.15, 0.2) is 24.4 Å². The number of hydrogen-bond acceptors (Lipinski definition) is 5. The van der Waals surface area contributed by atoms with E-state index in [0.29, 0.717) is 17.3 Å². The number of nitrogens with zero attached hydrogens (tertiary/aromatic N) is 2. The molecule has 0 unspecified atom stereocenters. The van der Waals surface area contributed by atoms with Gasteiger partial charge in [0.15, 0.2) is 0 Å². The van der Waals surface area contributed by atoms with E-state index < -0.39 is 4.92 Å². The second kappa shape index (κ2) is 5.32.